The zero-order valence-electron chi connectivity index (χ0n) is 15.4. The monoisotopic (exact) mass is 362 g/mol. The number of hydrogen-bond acceptors (Lipinski definition) is 5. The van der Waals surface area contributed by atoms with Crippen molar-refractivity contribution < 1.29 is 9.90 Å². The Morgan fingerprint density at radius 1 is 1.15 bits per heavy atom. The van der Waals surface area contributed by atoms with Gasteiger partial charge in [-0.3, -0.25) is 14.8 Å². The van der Waals surface area contributed by atoms with Crippen LogP contribution >= 0.6 is 0 Å². The Balaban J connectivity index is 1.62. The lowest BCUT2D eigenvalue weighted by Gasteiger charge is -2.11. The SMILES string of the molecule is CCC(O)c1cc(C)c(-c2cc3cnc(NC(=O)C4CC4)cc3cn2)cn1. The van der Waals surface area contributed by atoms with Crippen molar-refractivity contribution in [3.63, 3.8) is 0 Å². The number of fused-ring (bicyclic) bond motifs is 1. The van der Waals surface area contributed by atoms with Crippen molar-refractivity contribution in [2.75, 3.05) is 5.32 Å². The van der Waals surface area contributed by atoms with Gasteiger partial charge in [-0.25, -0.2) is 4.98 Å². The maximum atomic E-state index is 11.9. The van der Waals surface area contributed by atoms with Crippen LogP contribution in [0.5, 0.6) is 0 Å². The zero-order valence-corrected chi connectivity index (χ0v) is 15.4. The minimum Gasteiger partial charge on any atom is -0.387 e. The molecule has 1 fully saturated rings. The number of carbonyl (C=O) groups excluding carboxylic acids is 1. The third kappa shape index (κ3) is 3.66. The van der Waals surface area contributed by atoms with Crippen LogP contribution in [-0.4, -0.2) is 26.0 Å². The second kappa shape index (κ2) is 7.04. The van der Waals surface area contributed by atoms with E-state index in [1.54, 1.807) is 18.6 Å². The summed E-state index contributed by atoms with van der Waals surface area (Å²) in [6.45, 7) is 3.92. The number of hydrogen-bond donors (Lipinski definition) is 2. The molecule has 0 aromatic carbocycles. The molecule has 4 rings (SSSR count). The number of carbonyl (C=O) groups is 1. The van der Waals surface area contributed by atoms with Crippen molar-refractivity contribution >= 4 is 22.5 Å². The predicted molar refractivity (Wildman–Crippen MR) is 104 cm³/mol. The molecule has 0 radical (unpaired) electrons. The fraction of sp³-hybridized carbons (Fsp3) is 0.333. The number of aliphatic hydroxyl groups excluding tert-OH is 1. The van der Waals surface area contributed by atoms with Crippen LogP contribution < -0.4 is 5.32 Å². The van der Waals surface area contributed by atoms with Crippen LogP contribution in [0, 0.1) is 12.8 Å². The first-order valence-corrected chi connectivity index (χ1v) is 9.27. The third-order valence-corrected chi connectivity index (χ3v) is 4.94. The summed E-state index contributed by atoms with van der Waals surface area (Å²) in [5, 5.41) is 14.7. The van der Waals surface area contributed by atoms with E-state index < -0.39 is 6.10 Å². The zero-order chi connectivity index (χ0) is 19.0. The lowest BCUT2D eigenvalue weighted by atomic mass is 10.0. The second-order valence-electron chi connectivity index (χ2n) is 7.10. The molecule has 1 atom stereocenters. The van der Waals surface area contributed by atoms with Gasteiger partial charge < -0.3 is 10.4 Å². The van der Waals surface area contributed by atoms with E-state index in [-0.39, 0.29) is 11.8 Å². The van der Waals surface area contributed by atoms with E-state index in [0.717, 1.165) is 40.4 Å². The second-order valence-corrected chi connectivity index (χ2v) is 7.10. The van der Waals surface area contributed by atoms with E-state index in [1.165, 1.54) is 0 Å². The summed E-state index contributed by atoms with van der Waals surface area (Å²) < 4.78 is 0. The van der Waals surface area contributed by atoms with E-state index in [2.05, 4.69) is 20.3 Å². The Labute approximate surface area is 157 Å². The molecule has 1 aliphatic rings. The lowest BCUT2D eigenvalue weighted by Crippen LogP contribution is -2.14. The molecule has 1 unspecified atom stereocenters. The largest absolute Gasteiger partial charge is 0.387 e. The highest BCUT2D eigenvalue weighted by Gasteiger charge is 2.29. The normalized spacial score (nSPS) is 14.9. The fourth-order valence-electron chi connectivity index (χ4n) is 3.06. The highest BCUT2D eigenvalue weighted by Crippen LogP contribution is 2.31. The number of rotatable bonds is 5. The molecule has 3 aromatic heterocycles. The van der Waals surface area contributed by atoms with Gasteiger partial charge in [-0.1, -0.05) is 6.92 Å². The van der Waals surface area contributed by atoms with Gasteiger partial charge >= 0.3 is 0 Å². The molecule has 27 heavy (non-hydrogen) atoms. The Bertz CT molecular complexity index is 1010. The summed E-state index contributed by atoms with van der Waals surface area (Å²) in [6, 6.07) is 5.72. The van der Waals surface area contributed by atoms with Crippen molar-refractivity contribution in [2.24, 2.45) is 5.92 Å². The molecule has 138 valence electrons. The summed E-state index contributed by atoms with van der Waals surface area (Å²) in [5.74, 6) is 0.750. The van der Waals surface area contributed by atoms with Crippen LogP contribution in [0.4, 0.5) is 5.82 Å². The topological polar surface area (TPSA) is 88.0 Å². The molecule has 3 aromatic rings. The number of nitrogens with zero attached hydrogens (tertiary/aromatic N) is 3. The standard InChI is InChI=1S/C21H22N4O2/c1-3-19(26)18-6-12(2)16(11-23-18)17-7-14-10-24-20(8-15(14)9-22-17)25-21(27)13-4-5-13/h6-11,13,19,26H,3-5H2,1-2H3,(H,24,25,27). The molecule has 0 spiro atoms. The molecule has 6 nitrogen and oxygen atoms in total. The van der Waals surface area contributed by atoms with Gasteiger partial charge in [-0.15, -0.1) is 0 Å². The number of anilines is 1. The maximum absolute atomic E-state index is 11.9. The van der Waals surface area contributed by atoms with Gasteiger partial charge in [0.15, 0.2) is 0 Å². The summed E-state index contributed by atoms with van der Waals surface area (Å²) in [6.07, 6.45) is 7.31. The quantitative estimate of drug-likeness (QED) is 0.721. The van der Waals surface area contributed by atoms with E-state index in [1.807, 2.05) is 32.0 Å². The van der Waals surface area contributed by atoms with Gasteiger partial charge in [0.1, 0.15) is 5.82 Å². The number of aromatic nitrogens is 3. The van der Waals surface area contributed by atoms with Gasteiger partial charge in [-0.2, -0.15) is 0 Å². The van der Waals surface area contributed by atoms with Crippen LogP contribution in [0.15, 0.2) is 36.8 Å². The van der Waals surface area contributed by atoms with Crippen LogP contribution in [0.1, 0.15) is 43.5 Å². The van der Waals surface area contributed by atoms with Gasteiger partial charge in [-0.05, 0) is 49.9 Å². The van der Waals surface area contributed by atoms with E-state index in [4.69, 9.17) is 0 Å². The molecule has 1 aliphatic carbocycles. The van der Waals surface area contributed by atoms with Crippen molar-refractivity contribution in [3.8, 4) is 11.3 Å². The smallest absolute Gasteiger partial charge is 0.228 e. The number of pyridine rings is 3. The average Bonchev–Trinajstić information content (AvgIpc) is 3.52. The maximum Gasteiger partial charge on any atom is 0.228 e. The molecule has 0 saturated heterocycles. The number of amides is 1. The molecular weight excluding hydrogens is 340 g/mol. The minimum atomic E-state index is -0.546. The van der Waals surface area contributed by atoms with E-state index in [9.17, 15) is 9.90 Å². The molecule has 0 bridgehead atoms. The Morgan fingerprint density at radius 3 is 2.59 bits per heavy atom. The van der Waals surface area contributed by atoms with Crippen LogP contribution in [0.3, 0.4) is 0 Å². The fourth-order valence-corrected chi connectivity index (χ4v) is 3.06. The average molecular weight is 362 g/mol. The van der Waals surface area contributed by atoms with E-state index in [0.29, 0.717) is 17.9 Å². The first-order chi connectivity index (χ1) is 13.0. The molecule has 1 saturated carbocycles. The predicted octanol–water partition coefficient (Wildman–Crippen LogP) is 3.79. The van der Waals surface area contributed by atoms with Crippen LogP contribution in [0.25, 0.3) is 22.0 Å². The van der Waals surface area contributed by atoms with Crippen LogP contribution in [0.2, 0.25) is 0 Å². The van der Waals surface area contributed by atoms with Crippen molar-refractivity contribution in [2.45, 2.75) is 39.2 Å². The first kappa shape index (κ1) is 17.5. The Morgan fingerprint density at radius 2 is 1.89 bits per heavy atom. The minimum absolute atomic E-state index is 0.0440. The van der Waals surface area contributed by atoms with Crippen molar-refractivity contribution in [3.05, 3.63) is 48.0 Å². The number of nitrogens with one attached hydrogen (secondary N) is 1. The molecule has 3 heterocycles. The highest BCUT2D eigenvalue weighted by molar-refractivity contribution is 5.95. The third-order valence-electron chi connectivity index (χ3n) is 4.94. The summed E-state index contributed by atoms with van der Waals surface area (Å²) in [5.41, 5.74) is 3.43. The first-order valence-electron chi connectivity index (χ1n) is 9.27. The summed E-state index contributed by atoms with van der Waals surface area (Å²) >= 11 is 0. The van der Waals surface area contributed by atoms with Gasteiger partial charge in [0, 0.05) is 40.8 Å². The van der Waals surface area contributed by atoms with Gasteiger partial charge in [0.05, 0.1) is 17.5 Å². The molecule has 0 aliphatic heterocycles. The molecule has 1 amide bonds. The van der Waals surface area contributed by atoms with E-state index >= 15 is 0 Å². The highest BCUT2D eigenvalue weighted by atomic mass is 16.3. The number of aliphatic hydroxyl groups is 1. The van der Waals surface area contributed by atoms with Gasteiger partial charge in [0.25, 0.3) is 0 Å². The van der Waals surface area contributed by atoms with Gasteiger partial charge in [0.2, 0.25) is 5.91 Å². The molecule has 6 heteroatoms. The summed E-state index contributed by atoms with van der Waals surface area (Å²) in [4.78, 5) is 25.2. The molecular formula is C21H22N4O2. The molecule has 2 N–H and O–H groups in total. The Hall–Kier alpha value is -2.86. The lowest BCUT2D eigenvalue weighted by molar-refractivity contribution is -0.117. The van der Waals surface area contributed by atoms with Crippen molar-refractivity contribution in [1.29, 1.82) is 0 Å². The van der Waals surface area contributed by atoms with Crippen molar-refractivity contribution in [1.82, 2.24) is 15.0 Å². The summed E-state index contributed by atoms with van der Waals surface area (Å²) in [7, 11) is 0. The number of aryl methyl sites for hydroxylation is 1. The Kier molecular flexibility index (Phi) is 4.58. The van der Waals surface area contributed by atoms with Crippen LogP contribution in [-0.2, 0) is 4.79 Å².